The Morgan fingerprint density at radius 1 is 1.46 bits per heavy atom. The highest BCUT2D eigenvalue weighted by Gasteiger charge is 2.11. The van der Waals surface area contributed by atoms with Gasteiger partial charge in [-0.1, -0.05) is 5.57 Å². The first kappa shape index (κ1) is 10.4. The van der Waals surface area contributed by atoms with Gasteiger partial charge in [0.1, 0.15) is 5.76 Å². The summed E-state index contributed by atoms with van der Waals surface area (Å²) in [6.45, 7) is 4.22. The van der Waals surface area contributed by atoms with Gasteiger partial charge in [-0.05, 0) is 32.0 Å². The van der Waals surface area contributed by atoms with Crippen molar-refractivity contribution >= 4 is 18.0 Å². The number of halogens is 1. The van der Waals surface area contributed by atoms with Gasteiger partial charge in [-0.15, -0.1) is 12.4 Å². The lowest BCUT2D eigenvalue weighted by molar-refractivity contribution is 0.545. The van der Waals surface area contributed by atoms with Gasteiger partial charge in [0.05, 0.1) is 6.26 Å². The zero-order valence-corrected chi connectivity index (χ0v) is 8.49. The van der Waals surface area contributed by atoms with E-state index in [1.54, 1.807) is 6.26 Å². The van der Waals surface area contributed by atoms with Crippen molar-refractivity contribution in [1.82, 2.24) is 5.32 Å². The standard InChI is InChI=1S/C10H13NO.ClH/c1-8-4-5-11-7-9(8)10-3-2-6-12-10;/h2-3,6,11H,4-5,7H2,1H3;1H. The van der Waals surface area contributed by atoms with Gasteiger partial charge in [0.15, 0.2) is 0 Å². The Balaban J connectivity index is 0.000000845. The molecule has 0 aliphatic carbocycles. The van der Waals surface area contributed by atoms with Gasteiger partial charge >= 0.3 is 0 Å². The van der Waals surface area contributed by atoms with Crippen molar-refractivity contribution in [2.75, 3.05) is 13.1 Å². The molecule has 0 saturated heterocycles. The molecule has 0 spiro atoms. The van der Waals surface area contributed by atoms with E-state index in [0.717, 1.165) is 25.3 Å². The first-order valence-corrected chi connectivity index (χ1v) is 4.31. The highest BCUT2D eigenvalue weighted by Crippen LogP contribution is 2.22. The van der Waals surface area contributed by atoms with Crippen LogP contribution in [0, 0.1) is 0 Å². The van der Waals surface area contributed by atoms with Gasteiger partial charge in [-0.25, -0.2) is 0 Å². The second kappa shape index (κ2) is 4.49. The van der Waals surface area contributed by atoms with Crippen LogP contribution < -0.4 is 5.32 Å². The van der Waals surface area contributed by atoms with E-state index < -0.39 is 0 Å². The highest BCUT2D eigenvalue weighted by atomic mass is 35.5. The van der Waals surface area contributed by atoms with E-state index >= 15 is 0 Å². The summed E-state index contributed by atoms with van der Waals surface area (Å²) in [5.41, 5.74) is 2.77. The molecule has 13 heavy (non-hydrogen) atoms. The number of furan rings is 1. The van der Waals surface area contributed by atoms with E-state index in [2.05, 4.69) is 12.2 Å². The number of rotatable bonds is 1. The van der Waals surface area contributed by atoms with Gasteiger partial charge in [0, 0.05) is 12.1 Å². The molecule has 0 radical (unpaired) electrons. The van der Waals surface area contributed by atoms with E-state index in [1.807, 2.05) is 12.1 Å². The third-order valence-electron chi connectivity index (χ3n) is 2.31. The lowest BCUT2D eigenvalue weighted by atomic mass is 10.0. The second-order valence-electron chi connectivity index (χ2n) is 3.16. The topological polar surface area (TPSA) is 25.2 Å². The van der Waals surface area contributed by atoms with Gasteiger partial charge in [-0.3, -0.25) is 0 Å². The van der Waals surface area contributed by atoms with Crippen molar-refractivity contribution in [2.45, 2.75) is 13.3 Å². The fourth-order valence-electron chi connectivity index (χ4n) is 1.54. The summed E-state index contributed by atoms with van der Waals surface area (Å²) in [7, 11) is 0. The van der Waals surface area contributed by atoms with Crippen molar-refractivity contribution in [1.29, 1.82) is 0 Å². The maximum absolute atomic E-state index is 5.35. The minimum atomic E-state index is 0. The summed E-state index contributed by atoms with van der Waals surface area (Å²) in [4.78, 5) is 0. The first-order chi connectivity index (χ1) is 5.88. The first-order valence-electron chi connectivity index (χ1n) is 4.31. The van der Waals surface area contributed by atoms with E-state index in [1.165, 1.54) is 11.1 Å². The highest BCUT2D eigenvalue weighted by molar-refractivity contribution is 5.85. The van der Waals surface area contributed by atoms with E-state index in [9.17, 15) is 0 Å². The molecule has 0 unspecified atom stereocenters. The molecular weight excluding hydrogens is 186 g/mol. The number of hydrogen-bond acceptors (Lipinski definition) is 2. The molecule has 0 saturated carbocycles. The summed E-state index contributed by atoms with van der Waals surface area (Å²) in [5, 5.41) is 3.34. The molecule has 1 aromatic heterocycles. The van der Waals surface area contributed by atoms with Crippen LogP contribution in [0.1, 0.15) is 19.1 Å². The minimum absolute atomic E-state index is 0. The van der Waals surface area contributed by atoms with Crippen LogP contribution in [0.15, 0.2) is 28.4 Å². The second-order valence-corrected chi connectivity index (χ2v) is 3.16. The van der Waals surface area contributed by atoms with Crippen molar-refractivity contribution in [3.8, 4) is 0 Å². The maximum atomic E-state index is 5.35. The minimum Gasteiger partial charge on any atom is -0.465 e. The van der Waals surface area contributed by atoms with Crippen molar-refractivity contribution < 1.29 is 4.42 Å². The fourth-order valence-corrected chi connectivity index (χ4v) is 1.54. The molecule has 0 atom stereocenters. The molecule has 0 fully saturated rings. The van der Waals surface area contributed by atoms with Crippen LogP contribution in [-0.4, -0.2) is 13.1 Å². The van der Waals surface area contributed by atoms with Gasteiger partial charge in [-0.2, -0.15) is 0 Å². The molecule has 0 aromatic carbocycles. The Hall–Kier alpha value is -0.730. The molecule has 2 nitrogen and oxygen atoms in total. The fraction of sp³-hybridized carbons (Fsp3) is 0.400. The quantitative estimate of drug-likeness (QED) is 0.752. The van der Waals surface area contributed by atoms with Crippen LogP contribution in [0.2, 0.25) is 0 Å². The molecule has 2 rings (SSSR count). The average molecular weight is 200 g/mol. The molecule has 1 aromatic rings. The third-order valence-corrected chi connectivity index (χ3v) is 2.31. The predicted octanol–water partition coefficient (Wildman–Crippen LogP) is 2.47. The molecule has 72 valence electrons. The van der Waals surface area contributed by atoms with Crippen LogP contribution >= 0.6 is 12.4 Å². The summed E-state index contributed by atoms with van der Waals surface area (Å²) < 4.78 is 5.35. The molecule has 3 heteroatoms. The summed E-state index contributed by atoms with van der Waals surface area (Å²) in [6.07, 6.45) is 2.86. The molecule has 0 amide bonds. The molecule has 2 heterocycles. The van der Waals surface area contributed by atoms with Crippen LogP contribution in [0.3, 0.4) is 0 Å². The Labute approximate surface area is 84.4 Å². The van der Waals surface area contributed by atoms with E-state index in [-0.39, 0.29) is 12.4 Å². The van der Waals surface area contributed by atoms with Gasteiger partial charge in [0.25, 0.3) is 0 Å². The predicted molar refractivity (Wildman–Crippen MR) is 56.0 cm³/mol. The summed E-state index contributed by atoms with van der Waals surface area (Å²) in [6, 6.07) is 3.95. The van der Waals surface area contributed by atoms with Crippen LogP contribution in [0.25, 0.3) is 5.57 Å². The van der Waals surface area contributed by atoms with Crippen LogP contribution in [-0.2, 0) is 0 Å². The smallest absolute Gasteiger partial charge is 0.131 e. The average Bonchev–Trinajstić information content (AvgIpc) is 2.57. The monoisotopic (exact) mass is 199 g/mol. The van der Waals surface area contributed by atoms with Gasteiger partial charge in [0.2, 0.25) is 0 Å². The Morgan fingerprint density at radius 2 is 2.31 bits per heavy atom. The Morgan fingerprint density at radius 3 is 2.92 bits per heavy atom. The van der Waals surface area contributed by atoms with E-state index in [0.29, 0.717) is 0 Å². The maximum Gasteiger partial charge on any atom is 0.131 e. The lowest BCUT2D eigenvalue weighted by Crippen LogP contribution is -2.23. The van der Waals surface area contributed by atoms with Crippen LogP contribution in [0.5, 0.6) is 0 Å². The zero-order valence-electron chi connectivity index (χ0n) is 7.67. The molecule has 1 aliphatic rings. The number of hydrogen-bond donors (Lipinski definition) is 1. The van der Waals surface area contributed by atoms with Gasteiger partial charge < -0.3 is 9.73 Å². The number of nitrogens with one attached hydrogen (secondary N) is 1. The van der Waals surface area contributed by atoms with Crippen LogP contribution in [0.4, 0.5) is 0 Å². The summed E-state index contributed by atoms with van der Waals surface area (Å²) in [5.74, 6) is 1.01. The zero-order chi connectivity index (χ0) is 8.39. The van der Waals surface area contributed by atoms with Crippen molar-refractivity contribution in [3.63, 3.8) is 0 Å². The van der Waals surface area contributed by atoms with Crippen molar-refractivity contribution in [3.05, 3.63) is 29.7 Å². The lowest BCUT2D eigenvalue weighted by Gasteiger charge is -2.16. The molecule has 1 aliphatic heterocycles. The Kier molecular flexibility index (Phi) is 3.58. The normalized spacial score (nSPS) is 17.0. The molecule has 0 bridgehead atoms. The van der Waals surface area contributed by atoms with E-state index in [4.69, 9.17) is 4.42 Å². The molecular formula is C10H14ClNO. The third kappa shape index (κ3) is 2.14. The Bertz CT molecular complexity index is 290. The largest absolute Gasteiger partial charge is 0.465 e. The molecule has 1 N–H and O–H groups in total. The summed E-state index contributed by atoms with van der Waals surface area (Å²) >= 11 is 0. The SMILES string of the molecule is CC1=C(c2ccco2)CNCC1.Cl. The van der Waals surface area contributed by atoms with Crippen molar-refractivity contribution in [2.24, 2.45) is 0 Å².